The van der Waals surface area contributed by atoms with E-state index in [9.17, 15) is 19.5 Å². The lowest BCUT2D eigenvalue weighted by Gasteiger charge is -2.34. The van der Waals surface area contributed by atoms with E-state index in [1.54, 1.807) is 42.5 Å². The molecule has 0 radical (unpaired) electrons. The first-order valence-corrected chi connectivity index (χ1v) is 10.1. The number of rotatable bonds is 9. The number of benzene rings is 2. The van der Waals surface area contributed by atoms with Gasteiger partial charge in [-0.2, -0.15) is 0 Å². The Morgan fingerprint density at radius 2 is 1.69 bits per heavy atom. The second-order valence-corrected chi connectivity index (χ2v) is 8.04. The van der Waals surface area contributed by atoms with E-state index in [1.165, 1.54) is 30.6 Å². The highest BCUT2D eigenvalue weighted by molar-refractivity contribution is 5.95. The molecule has 2 aromatic rings. The molecule has 0 aliphatic rings. The molecule has 0 aromatic heterocycles. The molecule has 0 aliphatic heterocycles. The lowest BCUT2D eigenvalue weighted by Crippen LogP contribution is -2.29. The van der Waals surface area contributed by atoms with Gasteiger partial charge in [-0.25, -0.2) is 10.3 Å². The highest BCUT2D eigenvalue weighted by Crippen LogP contribution is 2.41. The summed E-state index contributed by atoms with van der Waals surface area (Å²) in [6.45, 7) is 5.32. The van der Waals surface area contributed by atoms with E-state index in [-0.39, 0.29) is 11.5 Å². The Hall–Kier alpha value is -3.65. The van der Waals surface area contributed by atoms with Crippen molar-refractivity contribution in [1.82, 2.24) is 5.48 Å². The van der Waals surface area contributed by atoms with Gasteiger partial charge in [-0.3, -0.25) is 20.1 Å². The molecular formula is C24H28N2O6. The fraction of sp³-hybridized carbons (Fsp3) is 0.292. The molecule has 0 aliphatic carbocycles. The average Bonchev–Trinajstić information content (AvgIpc) is 2.76. The minimum atomic E-state index is -0.665. The van der Waals surface area contributed by atoms with Gasteiger partial charge in [-0.15, -0.1) is 0 Å². The van der Waals surface area contributed by atoms with Crippen LogP contribution in [0.5, 0.6) is 5.75 Å². The second-order valence-electron chi connectivity index (χ2n) is 8.04. The topological polar surface area (TPSA) is 125 Å². The van der Waals surface area contributed by atoms with Gasteiger partial charge in [0.15, 0.2) is 5.78 Å². The Balaban J connectivity index is 2.16. The highest BCUT2D eigenvalue weighted by Gasteiger charge is 2.34. The molecule has 0 heterocycles. The van der Waals surface area contributed by atoms with Crippen LogP contribution in [0.3, 0.4) is 0 Å². The van der Waals surface area contributed by atoms with Gasteiger partial charge in [0, 0.05) is 22.7 Å². The summed E-state index contributed by atoms with van der Waals surface area (Å²) in [7, 11) is 0. The molecule has 32 heavy (non-hydrogen) atoms. The molecule has 0 bridgehead atoms. The number of phenols is 1. The molecule has 8 nitrogen and oxygen atoms in total. The van der Waals surface area contributed by atoms with Crippen LogP contribution in [0.25, 0.3) is 0 Å². The number of carbonyl (C=O) groups is 3. The molecule has 0 fully saturated rings. The second kappa shape index (κ2) is 11.1. The van der Waals surface area contributed by atoms with Gasteiger partial charge >= 0.3 is 6.09 Å². The number of ether oxygens (including phenoxy) is 1. The minimum Gasteiger partial charge on any atom is -0.508 e. The van der Waals surface area contributed by atoms with E-state index in [0.29, 0.717) is 29.7 Å². The molecule has 2 aromatic carbocycles. The van der Waals surface area contributed by atoms with Crippen LogP contribution < -0.4 is 10.8 Å². The Bertz CT molecular complexity index is 965. The Kier molecular flexibility index (Phi) is 8.54. The normalized spacial score (nSPS) is 12.2. The molecule has 4 N–H and O–H groups in total. The Labute approximate surface area is 186 Å². The van der Waals surface area contributed by atoms with E-state index < -0.39 is 23.5 Å². The predicted octanol–water partition coefficient (Wildman–Crippen LogP) is 4.75. The van der Waals surface area contributed by atoms with Crippen LogP contribution in [0.2, 0.25) is 0 Å². The van der Waals surface area contributed by atoms with Crippen molar-refractivity contribution in [3.05, 3.63) is 71.8 Å². The molecular weight excluding hydrogens is 412 g/mol. The zero-order valence-corrected chi connectivity index (χ0v) is 18.3. The SMILES string of the molecule is CC(=O)c1ccc(NC(=O)O[C@@H](c2ccc(O)cc2)C(C)(C)CC/C=C/C(=O)NO)cc1. The van der Waals surface area contributed by atoms with Crippen molar-refractivity contribution in [2.45, 2.75) is 39.7 Å². The molecule has 170 valence electrons. The smallest absolute Gasteiger partial charge is 0.412 e. The summed E-state index contributed by atoms with van der Waals surface area (Å²) in [6.07, 6.45) is 2.60. The first-order valence-electron chi connectivity index (χ1n) is 10.1. The summed E-state index contributed by atoms with van der Waals surface area (Å²) in [5, 5.41) is 20.8. The van der Waals surface area contributed by atoms with Gasteiger partial charge in [0.25, 0.3) is 5.91 Å². The minimum absolute atomic E-state index is 0.0706. The van der Waals surface area contributed by atoms with Crippen LogP contribution in [-0.2, 0) is 9.53 Å². The molecule has 8 heteroatoms. The standard InChI is InChI=1S/C24H28N2O6/c1-16(27)17-7-11-19(12-8-17)25-23(30)32-22(18-9-13-20(28)14-10-18)24(2,3)15-5-4-6-21(29)26-31/h4,6-14,22,28,31H,5,15H2,1-3H3,(H,25,30)(H,26,29)/b6-4+/t22-/m0/s1. The number of hydrogen-bond acceptors (Lipinski definition) is 6. The molecule has 0 saturated heterocycles. The third kappa shape index (κ3) is 7.24. The number of aromatic hydroxyl groups is 1. The number of nitrogens with one attached hydrogen (secondary N) is 2. The maximum atomic E-state index is 12.6. The highest BCUT2D eigenvalue weighted by atomic mass is 16.6. The number of Topliss-reactive ketones (excluding diaryl/α,β-unsaturated/α-hetero) is 1. The number of hydrogen-bond donors (Lipinski definition) is 4. The monoisotopic (exact) mass is 440 g/mol. The van der Waals surface area contributed by atoms with Gasteiger partial charge < -0.3 is 9.84 Å². The van der Waals surface area contributed by atoms with Crippen LogP contribution in [0.1, 0.15) is 55.6 Å². The lowest BCUT2D eigenvalue weighted by molar-refractivity contribution is -0.124. The summed E-state index contributed by atoms with van der Waals surface area (Å²) in [6, 6.07) is 12.9. The quantitative estimate of drug-likeness (QED) is 0.193. The van der Waals surface area contributed by atoms with Crippen molar-refractivity contribution in [2.24, 2.45) is 5.41 Å². The Morgan fingerprint density at radius 1 is 1.06 bits per heavy atom. The van der Waals surface area contributed by atoms with Crippen LogP contribution in [-0.4, -0.2) is 28.1 Å². The largest absolute Gasteiger partial charge is 0.508 e. The fourth-order valence-electron chi connectivity index (χ4n) is 3.18. The van der Waals surface area contributed by atoms with Crippen molar-refractivity contribution < 1.29 is 29.4 Å². The van der Waals surface area contributed by atoms with Gasteiger partial charge in [0.1, 0.15) is 11.9 Å². The zero-order valence-electron chi connectivity index (χ0n) is 18.3. The molecule has 2 rings (SSSR count). The average molecular weight is 440 g/mol. The Morgan fingerprint density at radius 3 is 2.25 bits per heavy atom. The predicted molar refractivity (Wildman–Crippen MR) is 119 cm³/mol. The number of amides is 2. The van der Waals surface area contributed by atoms with Crippen molar-refractivity contribution >= 4 is 23.5 Å². The maximum absolute atomic E-state index is 12.6. The van der Waals surface area contributed by atoms with E-state index in [4.69, 9.17) is 9.94 Å². The molecule has 0 saturated carbocycles. The third-order valence-corrected chi connectivity index (χ3v) is 5.00. The van der Waals surface area contributed by atoms with E-state index >= 15 is 0 Å². The number of hydroxylamine groups is 1. The summed E-state index contributed by atoms with van der Waals surface area (Å²) in [5.74, 6) is -0.596. The maximum Gasteiger partial charge on any atom is 0.412 e. The number of ketones is 1. The summed E-state index contributed by atoms with van der Waals surface area (Å²) >= 11 is 0. The fourth-order valence-corrected chi connectivity index (χ4v) is 3.18. The molecule has 0 spiro atoms. The van der Waals surface area contributed by atoms with E-state index in [1.807, 2.05) is 13.8 Å². The van der Waals surface area contributed by atoms with Gasteiger partial charge in [0.2, 0.25) is 0 Å². The van der Waals surface area contributed by atoms with Crippen molar-refractivity contribution in [1.29, 1.82) is 0 Å². The molecule has 0 unspecified atom stereocenters. The molecule has 1 atom stereocenters. The first kappa shape index (κ1) is 24.6. The summed E-state index contributed by atoms with van der Waals surface area (Å²) < 4.78 is 5.78. The number of allylic oxidation sites excluding steroid dienone is 1. The van der Waals surface area contributed by atoms with Crippen LogP contribution >= 0.6 is 0 Å². The van der Waals surface area contributed by atoms with Crippen LogP contribution in [0, 0.1) is 5.41 Å². The van der Waals surface area contributed by atoms with Gasteiger partial charge in [-0.05, 0) is 61.7 Å². The third-order valence-electron chi connectivity index (χ3n) is 5.00. The van der Waals surface area contributed by atoms with Crippen LogP contribution in [0.4, 0.5) is 10.5 Å². The number of carbonyl (C=O) groups excluding carboxylic acids is 3. The number of anilines is 1. The summed E-state index contributed by atoms with van der Waals surface area (Å²) in [5.41, 5.74) is 2.72. The van der Waals surface area contributed by atoms with Gasteiger partial charge in [-0.1, -0.05) is 32.1 Å². The first-order chi connectivity index (χ1) is 15.1. The van der Waals surface area contributed by atoms with E-state index in [0.717, 1.165) is 0 Å². The zero-order chi connectivity index (χ0) is 23.7. The lowest BCUT2D eigenvalue weighted by atomic mass is 9.78. The van der Waals surface area contributed by atoms with Gasteiger partial charge in [0.05, 0.1) is 0 Å². The number of phenolic OH excluding ortho intramolecular Hbond substituents is 1. The van der Waals surface area contributed by atoms with E-state index in [2.05, 4.69) is 5.32 Å². The van der Waals surface area contributed by atoms with Crippen LogP contribution in [0.15, 0.2) is 60.7 Å². The summed E-state index contributed by atoms with van der Waals surface area (Å²) in [4.78, 5) is 35.2. The molecule has 2 amide bonds. The van der Waals surface area contributed by atoms with Crippen molar-refractivity contribution in [3.8, 4) is 5.75 Å². The van der Waals surface area contributed by atoms with Crippen molar-refractivity contribution in [2.75, 3.05) is 5.32 Å². The van der Waals surface area contributed by atoms with Crippen molar-refractivity contribution in [3.63, 3.8) is 0 Å².